The predicted molar refractivity (Wildman–Crippen MR) is 28.7 cm³/mol. The van der Waals surface area contributed by atoms with Gasteiger partial charge >= 0.3 is 13.3 Å². The van der Waals surface area contributed by atoms with Gasteiger partial charge in [0, 0.05) is 0 Å². The first-order chi connectivity index (χ1) is 4.19. The van der Waals surface area contributed by atoms with E-state index < -0.39 is 19.4 Å². The molecule has 3 N–H and O–H groups in total. The highest BCUT2D eigenvalue weighted by Crippen LogP contribution is 2.54. The average molecular weight is 176 g/mol. The molecule has 10 heavy (non-hydrogen) atoms. The minimum absolute atomic E-state index is 0.610. The fourth-order valence-corrected chi connectivity index (χ4v) is 0.730. The summed E-state index contributed by atoms with van der Waals surface area (Å²) in [5.41, 5.74) is -4.34. The van der Waals surface area contributed by atoms with Crippen molar-refractivity contribution < 1.29 is 28.2 Å². The minimum Gasteiger partial charge on any atom is -0.386 e. The Morgan fingerprint density at radius 2 is 1.80 bits per heavy atom. The Balaban J connectivity index is 4.58. The van der Waals surface area contributed by atoms with Crippen LogP contribution < -0.4 is 0 Å². The van der Waals surface area contributed by atoms with Crippen molar-refractivity contribution in [3.05, 3.63) is 0 Å². The maximum Gasteiger partial charge on any atom is 0.397 e. The maximum atomic E-state index is 12.0. The van der Waals surface area contributed by atoms with E-state index in [0.717, 1.165) is 0 Å². The van der Waals surface area contributed by atoms with Crippen LogP contribution in [0.4, 0.5) is 8.78 Å². The van der Waals surface area contributed by atoms with E-state index in [-0.39, 0.29) is 0 Å². The lowest BCUT2D eigenvalue weighted by Gasteiger charge is -2.19. The second kappa shape index (κ2) is 2.54. The van der Waals surface area contributed by atoms with Gasteiger partial charge in [-0.05, 0) is 6.92 Å². The first-order valence-corrected chi connectivity index (χ1v) is 3.92. The largest absolute Gasteiger partial charge is 0.397 e. The Morgan fingerprint density at radius 1 is 1.50 bits per heavy atom. The number of halogens is 2. The minimum atomic E-state index is -5.51. The highest BCUT2D eigenvalue weighted by molar-refractivity contribution is 7.53. The molecule has 0 aromatic rings. The molecule has 0 fully saturated rings. The summed E-state index contributed by atoms with van der Waals surface area (Å²) < 4.78 is 34.0. The second-order valence-electron chi connectivity index (χ2n) is 1.81. The zero-order valence-corrected chi connectivity index (χ0v) is 5.92. The highest BCUT2D eigenvalue weighted by atomic mass is 31.2. The van der Waals surface area contributed by atoms with E-state index >= 15 is 0 Å². The lowest BCUT2D eigenvalue weighted by Crippen LogP contribution is -2.30. The van der Waals surface area contributed by atoms with Crippen molar-refractivity contribution in [2.75, 3.05) is 0 Å². The van der Waals surface area contributed by atoms with Gasteiger partial charge in [0.2, 0.25) is 0 Å². The molecule has 0 radical (unpaired) electrons. The molecule has 0 rings (SSSR count). The summed E-state index contributed by atoms with van der Waals surface area (Å²) in [6, 6.07) is 0. The van der Waals surface area contributed by atoms with Gasteiger partial charge in [-0.3, -0.25) is 4.57 Å². The van der Waals surface area contributed by atoms with Crippen molar-refractivity contribution in [1.29, 1.82) is 0 Å². The molecule has 0 aromatic heterocycles. The summed E-state index contributed by atoms with van der Waals surface area (Å²) in [6.07, 6.45) is -2.34. The molecule has 0 aliphatic rings. The van der Waals surface area contributed by atoms with Gasteiger partial charge in [-0.25, -0.2) is 0 Å². The molecule has 0 aromatic carbocycles. The smallest absolute Gasteiger partial charge is 0.386 e. The lowest BCUT2D eigenvalue weighted by atomic mass is 10.4. The van der Waals surface area contributed by atoms with E-state index in [4.69, 9.17) is 14.9 Å². The highest BCUT2D eigenvalue weighted by Gasteiger charge is 2.52. The number of hydrogen-bond acceptors (Lipinski definition) is 2. The number of hydrogen-bond donors (Lipinski definition) is 3. The number of alkyl halides is 2. The number of rotatable bonds is 2. The van der Waals surface area contributed by atoms with Gasteiger partial charge in [-0.15, -0.1) is 0 Å². The van der Waals surface area contributed by atoms with Crippen LogP contribution in [-0.2, 0) is 4.57 Å². The van der Waals surface area contributed by atoms with Crippen LogP contribution in [0.2, 0.25) is 0 Å². The van der Waals surface area contributed by atoms with Crippen LogP contribution in [0, 0.1) is 0 Å². The van der Waals surface area contributed by atoms with Gasteiger partial charge in [0.05, 0.1) is 0 Å². The molecule has 0 aliphatic heterocycles. The summed E-state index contributed by atoms with van der Waals surface area (Å²) in [5.74, 6) is 0. The van der Waals surface area contributed by atoms with Crippen molar-refractivity contribution in [3.8, 4) is 0 Å². The summed E-state index contributed by atoms with van der Waals surface area (Å²) in [7, 11) is -5.51. The third kappa shape index (κ3) is 1.73. The zero-order valence-electron chi connectivity index (χ0n) is 5.03. The van der Waals surface area contributed by atoms with E-state index in [1.807, 2.05) is 0 Å². The summed E-state index contributed by atoms with van der Waals surface area (Å²) in [6.45, 7) is 0.610. The summed E-state index contributed by atoms with van der Waals surface area (Å²) in [4.78, 5) is 15.8. The molecule has 0 heterocycles. The Labute approximate surface area is 55.6 Å². The molecule has 7 heteroatoms. The van der Waals surface area contributed by atoms with Gasteiger partial charge in [0.1, 0.15) is 6.10 Å². The first kappa shape index (κ1) is 9.97. The van der Waals surface area contributed by atoms with Crippen molar-refractivity contribution >= 4 is 7.60 Å². The van der Waals surface area contributed by atoms with Gasteiger partial charge in [-0.1, -0.05) is 0 Å². The number of aliphatic hydroxyl groups is 1. The topological polar surface area (TPSA) is 77.8 Å². The number of aliphatic hydroxyl groups excluding tert-OH is 1. The van der Waals surface area contributed by atoms with Gasteiger partial charge in [-0.2, -0.15) is 8.78 Å². The zero-order chi connectivity index (χ0) is 8.58. The standard InChI is InChI=1S/C3H7F2O4P/c1-2(6)3(4,5)10(7,8)9/h2,6H,1H3,(H2,7,8,9). The average Bonchev–Trinajstić information content (AvgIpc) is 1.62. The lowest BCUT2D eigenvalue weighted by molar-refractivity contribution is -0.0490. The predicted octanol–water partition coefficient (Wildman–Crippen LogP) is 0.138. The molecule has 1 atom stereocenters. The Kier molecular flexibility index (Phi) is 2.53. The van der Waals surface area contributed by atoms with Gasteiger partial charge in [0.15, 0.2) is 0 Å². The third-order valence-electron chi connectivity index (χ3n) is 0.891. The van der Waals surface area contributed by atoms with Crippen LogP contribution in [0.25, 0.3) is 0 Å². The van der Waals surface area contributed by atoms with Crippen LogP contribution >= 0.6 is 7.60 Å². The van der Waals surface area contributed by atoms with E-state index in [9.17, 15) is 13.3 Å². The molecule has 0 spiro atoms. The van der Waals surface area contributed by atoms with Crippen molar-refractivity contribution in [3.63, 3.8) is 0 Å². The van der Waals surface area contributed by atoms with Crippen molar-refractivity contribution in [2.45, 2.75) is 18.7 Å². The van der Waals surface area contributed by atoms with Crippen molar-refractivity contribution in [1.82, 2.24) is 0 Å². The van der Waals surface area contributed by atoms with Crippen LogP contribution in [0.5, 0.6) is 0 Å². The van der Waals surface area contributed by atoms with Gasteiger partial charge in [0.25, 0.3) is 0 Å². The molecule has 0 aliphatic carbocycles. The molecule has 62 valence electrons. The quantitative estimate of drug-likeness (QED) is 0.523. The molecule has 4 nitrogen and oxygen atoms in total. The SMILES string of the molecule is CC(O)C(F)(F)P(=O)(O)O. The molecular weight excluding hydrogens is 169 g/mol. The molecule has 0 saturated heterocycles. The Morgan fingerprint density at radius 3 is 1.80 bits per heavy atom. The van der Waals surface area contributed by atoms with Crippen LogP contribution in [0.1, 0.15) is 6.92 Å². The normalized spacial score (nSPS) is 17.0. The van der Waals surface area contributed by atoms with Crippen molar-refractivity contribution in [2.24, 2.45) is 0 Å². The molecule has 0 amide bonds. The third-order valence-corrected chi connectivity index (χ3v) is 2.04. The van der Waals surface area contributed by atoms with Crippen LogP contribution in [0.15, 0.2) is 0 Å². The molecular formula is C3H7F2O4P. The van der Waals surface area contributed by atoms with E-state index in [1.54, 1.807) is 0 Å². The molecule has 0 saturated carbocycles. The van der Waals surface area contributed by atoms with E-state index in [0.29, 0.717) is 6.92 Å². The first-order valence-electron chi connectivity index (χ1n) is 2.31. The van der Waals surface area contributed by atoms with Gasteiger partial charge < -0.3 is 14.9 Å². The fraction of sp³-hybridized carbons (Fsp3) is 1.00. The monoisotopic (exact) mass is 176 g/mol. The van der Waals surface area contributed by atoms with Crippen LogP contribution in [-0.4, -0.2) is 26.7 Å². The summed E-state index contributed by atoms with van der Waals surface area (Å²) >= 11 is 0. The van der Waals surface area contributed by atoms with Crippen LogP contribution in [0.3, 0.4) is 0 Å². The summed E-state index contributed by atoms with van der Waals surface area (Å²) in [5, 5.41) is 8.17. The maximum absolute atomic E-state index is 12.0. The molecule has 1 unspecified atom stereocenters. The second-order valence-corrected chi connectivity index (χ2v) is 3.49. The van der Waals surface area contributed by atoms with E-state index in [1.165, 1.54) is 0 Å². The van der Waals surface area contributed by atoms with E-state index in [2.05, 4.69) is 0 Å². The Bertz CT molecular complexity index is 162. The Hall–Kier alpha value is -0.0300. The molecule has 0 bridgehead atoms. The fourth-order valence-electron chi connectivity index (χ4n) is 0.243.